The summed E-state index contributed by atoms with van der Waals surface area (Å²) >= 11 is 0. The lowest BCUT2D eigenvalue weighted by molar-refractivity contribution is -0.147. The van der Waals surface area contributed by atoms with Gasteiger partial charge in [0.05, 0.1) is 34.4 Å². The Morgan fingerprint density at radius 1 is 1.25 bits per heavy atom. The molecule has 9 heteroatoms. The molecule has 0 radical (unpaired) electrons. The number of hydrogen-bond acceptors (Lipinski definition) is 3. The zero-order valence-corrected chi connectivity index (χ0v) is 14.4. The van der Waals surface area contributed by atoms with Crippen molar-refractivity contribution in [2.24, 2.45) is 0 Å². The normalized spacial score (nSPS) is 16.3. The summed E-state index contributed by atoms with van der Waals surface area (Å²) < 4.78 is 71.0. The molecule has 3 unspecified atom stereocenters. The molecule has 1 aromatic carbocycles. The van der Waals surface area contributed by atoms with Crippen molar-refractivity contribution in [3.05, 3.63) is 35.4 Å². The highest BCUT2D eigenvalue weighted by Crippen LogP contribution is 2.32. The van der Waals surface area contributed by atoms with Crippen molar-refractivity contribution in [2.45, 2.75) is 43.9 Å². The van der Waals surface area contributed by atoms with E-state index in [0.29, 0.717) is 6.07 Å². The molecule has 4 nitrogen and oxygen atoms in total. The van der Waals surface area contributed by atoms with Crippen LogP contribution in [0.4, 0.5) is 17.6 Å². The smallest absolute Gasteiger partial charge is 0.416 e. The van der Waals surface area contributed by atoms with Crippen molar-refractivity contribution < 1.29 is 31.3 Å². The summed E-state index contributed by atoms with van der Waals surface area (Å²) in [6, 6.07) is 2.32. The van der Waals surface area contributed by atoms with Gasteiger partial charge in [-0.05, 0) is 38.5 Å². The van der Waals surface area contributed by atoms with E-state index >= 15 is 0 Å². The highest BCUT2D eigenvalue weighted by molar-refractivity contribution is 7.84. The quantitative estimate of drug-likeness (QED) is 0.640. The number of methoxy groups -OCH3 is 1. The number of carbonyl (C=O) groups excluding carboxylic acids is 1. The van der Waals surface area contributed by atoms with E-state index in [1.807, 2.05) is 0 Å². The summed E-state index contributed by atoms with van der Waals surface area (Å²) in [6.07, 6.45) is -6.94. The van der Waals surface area contributed by atoms with Crippen LogP contribution in [0.3, 0.4) is 0 Å². The number of halogens is 4. The zero-order valence-electron chi connectivity index (χ0n) is 13.6. The van der Waals surface area contributed by atoms with Crippen LogP contribution in [0.1, 0.15) is 37.9 Å². The predicted molar refractivity (Wildman–Crippen MR) is 82.1 cm³/mol. The molecule has 0 aliphatic carbocycles. The summed E-state index contributed by atoms with van der Waals surface area (Å²) in [5.41, 5.74) is -1.15. The third-order valence-corrected chi connectivity index (χ3v) is 4.66. The molecule has 1 aromatic rings. The Balaban J connectivity index is 3.28. The van der Waals surface area contributed by atoms with Gasteiger partial charge in [0.25, 0.3) is 0 Å². The first kappa shape index (κ1) is 20.6. The van der Waals surface area contributed by atoms with Gasteiger partial charge in [-0.3, -0.25) is 0 Å². The fraction of sp³-hybridized carbons (Fsp3) is 0.533. The molecule has 0 heterocycles. The van der Waals surface area contributed by atoms with Gasteiger partial charge in [0, 0.05) is 0 Å². The molecule has 1 N–H and O–H groups in total. The number of nitrogens with one attached hydrogen (secondary N) is 1. The van der Waals surface area contributed by atoms with E-state index in [9.17, 15) is 26.6 Å². The Bertz CT molecular complexity index is 613. The third kappa shape index (κ3) is 5.27. The lowest BCUT2D eigenvalue weighted by Crippen LogP contribution is -2.41. The van der Waals surface area contributed by atoms with E-state index in [-0.39, 0.29) is 5.56 Å². The van der Waals surface area contributed by atoms with Crippen molar-refractivity contribution in [2.75, 3.05) is 7.11 Å². The van der Waals surface area contributed by atoms with E-state index in [2.05, 4.69) is 9.46 Å². The van der Waals surface area contributed by atoms with Crippen molar-refractivity contribution in [1.29, 1.82) is 0 Å². The van der Waals surface area contributed by atoms with E-state index in [4.69, 9.17) is 0 Å². The maximum atomic E-state index is 14.4. The molecular formula is C15H19F4NO3S. The van der Waals surface area contributed by atoms with E-state index in [1.165, 1.54) is 6.07 Å². The topological polar surface area (TPSA) is 55.4 Å². The highest BCUT2D eigenvalue weighted by atomic mass is 32.2. The molecule has 3 atom stereocenters. The zero-order chi connectivity index (χ0) is 18.7. The predicted octanol–water partition coefficient (Wildman–Crippen LogP) is 3.31. The molecule has 0 aromatic heterocycles. The Labute approximate surface area is 140 Å². The Kier molecular flexibility index (Phi) is 6.52. The standard InChI is InChI=1S/C15H19F4NO3S/c1-14(2,3)24(22)20-12(11(16)13(21)23-4)9-6-5-7-10(8-9)15(17,18)19/h5-8,11-12,20H,1-4H3. The van der Waals surface area contributed by atoms with E-state index in [1.54, 1.807) is 20.8 Å². The molecular weight excluding hydrogens is 350 g/mol. The van der Waals surface area contributed by atoms with Crippen molar-refractivity contribution in [1.82, 2.24) is 4.72 Å². The molecule has 0 saturated heterocycles. The third-order valence-electron chi connectivity index (χ3n) is 3.08. The van der Waals surface area contributed by atoms with Crippen LogP contribution in [0.2, 0.25) is 0 Å². The van der Waals surface area contributed by atoms with Crippen LogP contribution in [0, 0.1) is 0 Å². The lowest BCUT2D eigenvalue weighted by Gasteiger charge is -2.26. The van der Waals surface area contributed by atoms with Gasteiger partial charge in [0.2, 0.25) is 6.17 Å². The molecule has 0 saturated carbocycles. The van der Waals surface area contributed by atoms with Crippen molar-refractivity contribution in [3.8, 4) is 0 Å². The number of benzene rings is 1. The average Bonchev–Trinajstić information content (AvgIpc) is 2.49. The van der Waals surface area contributed by atoms with Gasteiger partial charge in [0.1, 0.15) is 0 Å². The van der Waals surface area contributed by atoms with Crippen LogP contribution in [0.15, 0.2) is 24.3 Å². The minimum atomic E-state index is -4.62. The molecule has 0 spiro atoms. The molecule has 0 aliphatic rings. The number of rotatable bonds is 5. The SMILES string of the molecule is COC(=O)C(F)C(NS(=O)C(C)(C)C)c1cccc(C(F)(F)F)c1. The highest BCUT2D eigenvalue weighted by Gasteiger charge is 2.36. The maximum Gasteiger partial charge on any atom is 0.416 e. The molecule has 1 rings (SSSR count). The minimum absolute atomic E-state index is 0.152. The molecule has 0 amide bonds. The van der Waals surface area contributed by atoms with Gasteiger partial charge in [-0.25, -0.2) is 18.1 Å². The lowest BCUT2D eigenvalue weighted by atomic mass is 10.0. The minimum Gasteiger partial charge on any atom is -0.467 e. The van der Waals surface area contributed by atoms with Crippen molar-refractivity contribution in [3.63, 3.8) is 0 Å². The maximum absolute atomic E-state index is 14.4. The van der Waals surface area contributed by atoms with Crippen LogP contribution in [-0.4, -0.2) is 28.2 Å². The molecule has 24 heavy (non-hydrogen) atoms. The summed E-state index contributed by atoms with van der Waals surface area (Å²) in [7, 11) is -0.857. The number of hydrogen-bond donors (Lipinski definition) is 1. The molecule has 136 valence electrons. The number of ether oxygens (including phenoxy) is 1. The number of carbonyl (C=O) groups is 1. The Hall–Kier alpha value is -1.48. The summed E-state index contributed by atoms with van der Waals surface area (Å²) in [6.45, 7) is 4.81. The second kappa shape index (κ2) is 7.60. The second-order valence-corrected chi connectivity index (χ2v) is 8.02. The average molecular weight is 369 g/mol. The first-order valence-corrected chi connectivity index (χ1v) is 8.10. The van der Waals surface area contributed by atoms with Gasteiger partial charge >= 0.3 is 12.1 Å². The number of alkyl halides is 4. The Morgan fingerprint density at radius 2 is 1.83 bits per heavy atom. The fourth-order valence-corrected chi connectivity index (χ4v) is 2.59. The van der Waals surface area contributed by atoms with Crippen LogP contribution < -0.4 is 4.72 Å². The van der Waals surface area contributed by atoms with E-state index < -0.39 is 45.7 Å². The monoisotopic (exact) mass is 369 g/mol. The first-order chi connectivity index (χ1) is 10.9. The largest absolute Gasteiger partial charge is 0.467 e. The first-order valence-electron chi connectivity index (χ1n) is 6.95. The van der Waals surface area contributed by atoms with Crippen LogP contribution in [0.5, 0.6) is 0 Å². The van der Waals surface area contributed by atoms with Gasteiger partial charge in [-0.1, -0.05) is 12.1 Å². The summed E-state index contributed by atoms with van der Waals surface area (Å²) in [4.78, 5) is 11.5. The molecule has 0 aliphatic heterocycles. The van der Waals surface area contributed by atoms with Gasteiger partial charge in [-0.15, -0.1) is 0 Å². The molecule has 0 bridgehead atoms. The van der Waals surface area contributed by atoms with Gasteiger partial charge in [0.15, 0.2) is 0 Å². The Morgan fingerprint density at radius 3 is 2.29 bits per heavy atom. The summed E-state index contributed by atoms with van der Waals surface area (Å²) in [5, 5.41) is 0. The van der Waals surface area contributed by atoms with Crippen LogP contribution >= 0.6 is 0 Å². The van der Waals surface area contributed by atoms with Gasteiger partial charge < -0.3 is 4.74 Å². The summed E-state index contributed by atoms with van der Waals surface area (Å²) in [5.74, 6) is -1.27. The number of esters is 1. The van der Waals surface area contributed by atoms with Crippen LogP contribution in [0.25, 0.3) is 0 Å². The van der Waals surface area contributed by atoms with E-state index in [0.717, 1.165) is 19.2 Å². The molecule has 0 fully saturated rings. The van der Waals surface area contributed by atoms with Crippen LogP contribution in [-0.2, 0) is 26.7 Å². The second-order valence-electron chi connectivity index (χ2n) is 6.02. The van der Waals surface area contributed by atoms with Gasteiger partial charge in [-0.2, -0.15) is 13.2 Å². The van der Waals surface area contributed by atoms with Crippen molar-refractivity contribution >= 4 is 17.0 Å². The fourth-order valence-electron chi connectivity index (χ4n) is 1.75.